The molecule has 0 spiro atoms. The number of methoxy groups -OCH3 is 1. The Hall–Kier alpha value is -1.16. The van der Waals surface area contributed by atoms with Crippen molar-refractivity contribution in [2.75, 3.05) is 20.2 Å². The van der Waals surface area contributed by atoms with Crippen molar-refractivity contribution in [3.05, 3.63) is 29.8 Å². The summed E-state index contributed by atoms with van der Waals surface area (Å²) in [5.41, 5.74) is -0.0755. The maximum Gasteiger partial charge on any atom is 0.288 e. The van der Waals surface area contributed by atoms with Gasteiger partial charge in [0.25, 0.3) is 5.92 Å². The van der Waals surface area contributed by atoms with Crippen LogP contribution in [0.4, 0.5) is 8.78 Å². The SMILES string of the molecule is CCNCC(F)(F)c1ccccc1OC. The van der Waals surface area contributed by atoms with E-state index in [0.29, 0.717) is 6.54 Å². The molecule has 1 aromatic rings. The highest BCUT2D eigenvalue weighted by molar-refractivity contribution is 5.36. The molecule has 0 saturated heterocycles. The maximum absolute atomic E-state index is 13.6. The number of hydrogen-bond donors (Lipinski definition) is 1. The van der Waals surface area contributed by atoms with Gasteiger partial charge in [-0.2, -0.15) is 8.78 Å². The zero-order valence-electron chi connectivity index (χ0n) is 8.89. The summed E-state index contributed by atoms with van der Waals surface area (Å²) in [6, 6.07) is 6.18. The van der Waals surface area contributed by atoms with Gasteiger partial charge in [-0.05, 0) is 18.7 Å². The second kappa shape index (κ2) is 5.07. The maximum atomic E-state index is 13.6. The average molecular weight is 215 g/mol. The highest BCUT2D eigenvalue weighted by Crippen LogP contribution is 2.33. The van der Waals surface area contributed by atoms with Gasteiger partial charge >= 0.3 is 0 Å². The molecule has 15 heavy (non-hydrogen) atoms. The number of para-hydroxylation sites is 1. The van der Waals surface area contributed by atoms with Crippen LogP contribution in [0.2, 0.25) is 0 Å². The van der Waals surface area contributed by atoms with E-state index in [4.69, 9.17) is 4.74 Å². The number of rotatable bonds is 5. The van der Waals surface area contributed by atoms with Crippen molar-refractivity contribution < 1.29 is 13.5 Å². The van der Waals surface area contributed by atoms with E-state index in [-0.39, 0.29) is 17.9 Å². The Morgan fingerprint density at radius 3 is 2.60 bits per heavy atom. The fourth-order valence-corrected chi connectivity index (χ4v) is 1.32. The quantitative estimate of drug-likeness (QED) is 0.814. The van der Waals surface area contributed by atoms with E-state index in [1.54, 1.807) is 19.1 Å². The number of nitrogens with one attached hydrogen (secondary N) is 1. The van der Waals surface area contributed by atoms with Crippen LogP contribution in [0.1, 0.15) is 12.5 Å². The molecule has 0 atom stereocenters. The average Bonchev–Trinajstić information content (AvgIpc) is 2.26. The molecule has 0 amide bonds. The van der Waals surface area contributed by atoms with Crippen LogP contribution in [0.25, 0.3) is 0 Å². The molecule has 0 radical (unpaired) electrons. The van der Waals surface area contributed by atoms with E-state index < -0.39 is 5.92 Å². The first-order valence-corrected chi connectivity index (χ1v) is 4.84. The number of alkyl halides is 2. The zero-order chi connectivity index (χ0) is 11.3. The van der Waals surface area contributed by atoms with E-state index in [9.17, 15) is 8.78 Å². The summed E-state index contributed by atoms with van der Waals surface area (Å²) in [7, 11) is 1.39. The van der Waals surface area contributed by atoms with Crippen molar-refractivity contribution in [1.82, 2.24) is 5.32 Å². The molecule has 2 nitrogen and oxygen atoms in total. The van der Waals surface area contributed by atoms with Crippen molar-refractivity contribution >= 4 is 0 Å². The lowest BCUT2D eigenvalue weighted by atomic mass is 10.1. The lowest BCUT2D eigenvalue weighted by Gasteiger charge is -2.19. The molecule has 0 saturated carbocycles. The number of benzene rings is 1. The zero-order valence-corrected chi connectivity index (χ0v) is 8.89. The van der Waals surface area contributed by atoms with Crippen LogP contribution in [0.15, 0.2) is 24.3 Å². The molecule has 0 unspecified atom stereocenters. The first-order chi connectivity index (χ1) is 7.11. The molecule has 1 aromatic carbocycles. The third-order valence-corrected chi connectivity index (χ3v) is 2.10. The Balaban J connectivity index is 2.92. The lowest BCUT2D eigenvalue weighted by molar-refractivity contribution is -0.00473. The monoisotopic (exact) mass is 215 g/mol. The summed E-state index contributed by atoms with van der Waals surface area (Å²) >= 11 is 0. The van der Waals surface area contributed by atoms with Gasteiger partial charge in [-0.3, -0.25) is 0 Å². The number of hydrogen-bond acceptors (Lipinski definition) is 2. The fourth-order valence-electron chi connectivity index (χ4n) is 1.32. The third kappa shape index (κ3) is 2.89. The summed E-state index contributed by atoms with van der Waals surface area (Å²) in [6.45, 7) is 1.94. The van der Waals surface area contributed by atoms with E-state index in [2.05, 4.69) is 5.32 Å². The third-order valence-electron chi connectivity index (χ3n) is 2.10. The molecular formula is C11H15F2NO. The molecule has 0 aromatic heterocycles. The van der Waals surface area contributed by atoms with Crippen LogP contribution in [0.3, 0.4) is 0 Å². The summed E-state index contributed by atoms with van der Waals surface area (Å²) < 4.78 is 32.2. The normalized spacial score (nSPS) is 11.5. The van der Waals surface area contributed by atoms with Crippen LogP contribution in [0, 0.1) is 0 Å². The van der Waals surface area contributed by atoms with E-state index in [0.717, 1.165) is 0 Å². The number of halogens is 2. The van der Waals surface area contributed by atoms with E-state index in [1.807, 2.05) is 0 Å². The van der Waals surface area contributed by atoms with Gasteiger partial charge < -0.3 is 10.1 Å². The minimum Gasteiger partial charge on any atom is -0.496 e. The second-order valence-electron chi connectivity index (χ2n) is 3.19. The Morgan fingerprint density at radius 1 is 1.33 bits per heavy atom. The predicted molar refractivity (Wildman–Crippen MR) is 55.4 cm³/mol. The summed E-state index contributed by atoms with van der Waals surface area (Å²) in [6.07, 6.45) is 0. The molecule has 0 aliphatic rings. The second-order valence-corrected chi connectivity index (χ2v) is 3.19. The van der Waals surface area contributed by atoms with E-state index in [1.165, 1.54) is 19.2 Å². The molecule has 0 aliphatic carbocycles. The first kappa shape index (κ1) is 11.9. The van der Waals surface area contributed by atoms with Gasteiger partial charge in [0.2, 0.25) is 0 Å². The van der Waals surface area contributed by atoms with Crippen LogP contribution >= 0.6 is 0 Å². The molecule has 0 aliphatic heterocycles. The molecule has 0 bridgehead atoms. The van der Waals surface area contributed by atoms with Gasteiger partial charge in [0.05, 0.1) is 19.2 Å². The summed E-state index contributed by atoms with van der Waals surface area (Å²) in [4.78, 5) is 0. The van der Waals surface area contributed by atoms with Crippen molar-refractivity contribution in [1.29, 1.82) is 0 Å². The van der Waals surface area contributed by atoms with Crippen molar-refractivity contribution in [2.45, 2.75) is 12.8 Å². The molecule has 4 heteroatoms. The Bertz CT molecular complexity index is 315. The standard InChI is InChI=1S/C11H15F2NO/c1-3-14-8-11(12,13)9-6-4-5-7-10(9)15-2/h4-7,14H,3,8H2,1-2H3. The van der Waals surface area contributed by atoms with Gasteiger partial charge in [0, 0.05) is 0 Å². The van der Waals surface area contributed by atoms with Crippen molar-refractivity contribution in [3.8, 4) is 5.75 Å². The summed E-state index contributed by atoms with van der Waals surface area (Å²) in [5.74, 6) is -2.68. The molecule has 0 fully saturated rings. The Labute approximate surface area is 88.3 Å². The molecule has 0 heterocycles. The van der Waals surface area contributed by atoms with E-state index >= 15 is 0 Å². The van der Waals surface area contributed by atoms with Gasteiger partial charge in [-0.25, -0.2) is 0 Å². The highest BCUT2D eigenvalue weighted by atomic mass is 19.3. The first-order valence-electron chi connectivity index (χ1n) is 4.84. The Morgan fingerprint density at radius 2 is 2.00 bits per heavy atom. The van der Waals surface area contributed by atoms with Crippen LogP contribution in [-0.4, -0.2) is 20.2 Å². The van der Waals surface area contributed by atoms with Crippen molar-refractivity contribution in [3.63, 3.8) is 0 Å². The number of likely N-dealkylation sites (N-methyl/N-ethyl adjacent to an activating group) is 1. The highest BCUT2D eigenvalue weighted by Gasteiger charge is 2.33. The lowest BCUT2D eigenvalue weighted by Crippen LogP contribution is -2.30. The molecule has 84 valence electrons. The summed E-state index contributed by atoms with van der Waals surface area (Å²) in [5, 5.41) is 2.63. The molecule has 1 rings (SSSR count). The van der Waals surface area contributed by atoms with Crippen LogP contribution < -0.4 is 10.1 Å². The topological polar surface area (TPSA) is 21.3 Å². The van der Waals surface area contributed by atoms with Crippen LogP contribution in [0.5, 0.6) is 5.75 Å². The fraction of sp³-hybridized carbons (Fsp3) is 0.455. The van der Waals surface area contributed by atoms with Gasteiger partial charge in [0.15, 0.2) is 0 Å². The molecule has 1 N–H and O–H groups in total. The molecular weight excluding hydrogens is 200 g/mol. The minimum atomic E-state index is -2.90. The van der Waals surface area contributed by atoms with Crippen LogP contribution in [-0.2, 0) is 5.92 Å². The van der Waals surface area contributed by atoms with Gasteiger partial charge in [0.1, 0.15) is 5.75 Å². The smallest absolute Gasteiger partial charge is 0.288 e. The van der Waals surface area contributed by atoms with Crippen molar-refractivity contribution in [2.24, 2.45) is 0 Å². The Kier molecular flexibility index (Phi) is 4.03. The predicted octanol–water partition coefficient (Wildman–Crippen LogP) is 2.40. The minimum absolute atomic E-state index is 0.0755. The number of ether oxygens (including phenoxy) is 1. The van der Waals surface area contributed by atoms with Gasteiger partial charge in [-0.15, -0.1) is 0 Å². The largest absolute Gasteiger partial charge is 0.496 e. The van der Waals surface area contributed by atoms with Gasteiger partial charge in [-0.1, -0.05) is 19.1 Å².